The van der Waals surface area contributed by atoms with Crippen molar-refractivity contribution in [3.05, 3.63) is 11.9 Å². The molecule has 1 fully saturated rings. The van der Waals surface area contributed by atoms with Crippen LogP contribution in [0.25, 0.3) is 0 Å². The molecule has 13 heavy (non-hydrogen) atoms. The van der Waals surface area contributed by atoms with E-state index in [9.17, 15) is 0 Å². The molecule has 2 rings (SSSR count). The lowest BCUT2D eigenvalue weighted by molar-refractivity contribution is 0.412. The second-order valence-corrected chi connectivity index (χ2v) is 3.23. The second kappa shape index (κ2) is 3.58. The van der Waals surface area contributed by atoms with Gasteiger partial charge in [0.25, 0.3) is 0 Å². The van der Waals surface area contributed by atoms with Crippen molar-refractivity contribution in [3.8, 4) is 6.07 Å². The van der Waals surface area contributed by atoms with Crippen molar-refractivity contribution in [3.63, 3.8) is 0 Å². The standard InChI is InChI=1S/C9H12N4/c10-5-8-1-2-9(12-6-8)13-4-3-11-7-13/h2,6,8,11H,1,3-4,7H2. The number of allylic oxidation sites excluding steroid dienone is 1. The Labute approximate surface area is 77.6 Å². The lowest BCUT2D eigenvalue weighted by atomic mass is 10.1. The molecule has 0 aromatic carbocycles. The first kappa shape index (κ1) is 8.27. The Balaban J connectivity index is 2.00. The minimum absolute atomic E-state index is 0.0284. The molecule has 0 bridgehead atoms. The fraction of sp³-hybridized carbons (Fsp3) is 0.556. The van der Waals surface area contributed by atoms with Crippen LogP contribution in [0.2, 0.25) is 0 Å². The average molecular weight is 176 g/mol. The normalized spacial score (nSPS) is 27.2. The predicted octanol–water partition coefficient (Wildman–Crippen LogP) is 0.305. The summed E-state index contributed by atoms with van der Waals surface area (Å²) in [5.74, 6) is 0.982. The van der Waals surface area contributed by atoms with Crippen molar-refractivity contribution >= 4 is 6.21 Å². The van der Waals surface area contributed by atoms with Crippen LogP contribution in [0.5, 0.6) is 0 Å². The number of aliphatic imine (C=N–C) groups is 1. The quantitative estimate of drug-likeness (QED) is 0.625. The maximum atomic E-state index is 8.65. The van der Waals surface area contributed by atoms with E-state index in [4.69, 9.17) is 5.26 Å². The van der Waals surface area contributed by atoms with Gasteiger partial charge in [0.05, 0.1) is 18.7 Å². The highest BCUT2D eigenvalue weighted by Gasteiger charge is 2.16. The van der Waals surface area contributed by atoms with Gasteiger partial charge in [-0.05, 0) is 12.5 Å². The summed E-state index contributed by atoms with van der Waals surface area (Å²) in [4.78, 5) is 6.45. The van der Waals surface area contributed by atoms with Crippen LogP contribution in [0.4, 0.5) is 0 Å². The summed E-state index contributed by atoms with van der Waals surface area (Å²) < 4.78 is 0. The third kappa shape index (κ3) is 1.70. The predicted molar refractivity (Wildman–Crippen MR) is 49.9 cm³/mol. The Morgan fingerprint density at radius 3 is 3.15 bits per heavy atom. The molecule has 0 aromatic rings. The molecule has 0 amide bonds. The molecule has 0 aliphatic carbocycles. The van der Waals surface area contributed by atoms with Gasteiger partial charge in [-0.2, -0.15) is 5.26 Å². The molecule has 0 radical (unpaired) electrons. The van der Waals surface area contributed by atoms with E-state index in [1.54, 1.807) is 6.21 Å². The highest BCUT2D eigenvalue weighted by atomic mass is 15.3. The van der Waals surface area contributed by atoms with Gasteiger partial charge in [-0.1, -0.05) is 0 Å². The molecule has 1 atom stereocenters. The van der Waals surface area contributed by atoms with Gasteiger partial charge in [0, 0.05) is 19.3 Å². The maximum absolute atomic E-state index is 8.65. The molecule has 4 nitrogen and oxygen atoms in total. The van der Waals surface area contributed by atoms with Crippen LogP contribution in [0.3, 0.4) is 0 Å². The van der Waals surface area contributed by atoms with E-state index in [1.165, 1.54) is 0 Å². The van der Waals surface area contributed by atoms with Crippen LogP contribution < -0.4 is 5.32 Å². The van der Waals surface area contributed by atoms with Crippen molar-refractivity contribution in [2.75, 3.05) is 19.8 Å². The van der Waals surface area contributed by atoms with Crippen LogP contribution in [-0.2, 0) is 0 Å². The summed E-state index contributed by atoms with van der Waals surface area (Å²) in [6.07, 6.45) is 4.58. The number of nitriles is 1. The Bertz CT molecular complexity index is 280. The number of hydrogen-bond donors (Lipinski definition) is 1. The van der Waals surface area contributed by atoms with Gasteiger partial charge in [0.15, 0.2) is 0 Å². The molecule has 0 spiro atoms. The Morgan fingerprint density at radius 1 is 1.69 bits per heavy atom. The van der Waals surface area contributed by atoms with Gasteiger partial charge in [-0.3, -0.25) is 5.32 Å². The zero-order chi connectivity index (χ0) is 9.10. The fourth-order valence-corrected chi connectivity index (χ4v) is 1.51. The minimum atomic E-state index is -0.0284. The number of nitrogens with one attached hydrogen (secondary N) is 1. The Hall–Kier alpha value is -1.34. The summed E-state index contributed by atoms with van der Waals surface area (Å²) >= 11 is 0. The molecule has 4 heteroatoms. The highest BCUT2D eigenvalue weighted by Crippen LogP contribution is 2.15. The van der Waals surface area contributed by atoms with E-state index in [-0.39, 0.29) is 5.92 Å². The highest BCUT2D eigenvalue weighted by molar-refractivity contribution is 5.67. The second-order valence-electron chi connectivity index (χ2n) is 3.23. The van der Waals surface area contributed by atoms with Crippen LogP contribution in [0.15, 0.2) is 16.9 Å². The summed E-state index contributed by atoms with van der Waals surface area (Å²) in [5.41, 5.74) is 0. The van der Waals surface area contributed by atoms with Crippen molar-refractivity contribution in [1.29, 1.82) is 5.26 Å². The summed E-state index contributed by atoms with van der Waals surface area (Å²) in [7, 11) is 0. The lowest BCUT2D eigenvalue weighted by Crippen LogP contribution is -2.22. The van der Waals surface area contributed by atoms with Gasteiger partial charge in [0.2, 0.25) is 0 Å². The van der Waals surface area contributed by atoms with Crippen LogP contribution >= 0.6 is 0 Å². The molecular weight excluding hydrogens is 164 g/mol. The molecule has 0 aromatic heterocycles. The van der Waals surface area contributed by atoms with Crippen LogP contribution in [0.1, 0.15) is 6.42 Å². The number of nitrogens with zero attached hydrogens (tertiary/aromatic N) is 3. The maximum Gasteiger partial charge on any atom is 0.125 e. The number of rotatable bonds is 1. The molecule has 0 saturated carbocycles. The summed E-state index contributed by atoms with van der Waals surface area (Å²) in [5, 5.41) is 11.9. The van der Waals surface area contributed by atoms with Gasteiger partial charge in [0.1, 0.15) is 5.82 Å². The first-order chi connectivity index (χ1) is 6.40. The number of hydrogen-bond acceptors (Lipinski definition) is 4. The van der Waals surface area contributed by atoms with Crippen molar-refractivity contribution in [2.24, 2.45) is 10.9 Å². The van der Waals surface area contributed by atoms with Gasteiger partial charge in [-0.15, -0.1) is 0 Å². The van der Waals surface area contributed by atoms with Crippen LogP contribution in [-0.4, -0.2) is 30.9 Å². The zero-order valence-corrected chi connectivity index (χ0v) is 7.40. The van der Waals surface area contributed by atoms with E-state index in [2.05, 4.69) is 21.3 Å². The van der Waals surface area contributed by atoms with E-state index in [0.29, 0.717) is 0 Å². The Kier molecular flexibility index (Phi) is 2.28. The summed E-state index contributed by atoms with van der Waals surface area (Å²) in [6.45, 7) is 2.91. The zero-order valence-electron chi connectivity index (χ0n) is 7.40. The first-order valence-electron chi connectivity index (χ1n) is 4.50. The van der Waals surface area contributed by atoms with Crippen molar-refractivity contribution in [2.45, 2.75) is 6.42 Å². The third-order valence-corrected chi connectivity index (χ3v) is 2.29. The summed E-state index contributed by atoms with van der Waals surface area (Å²) in [6, 6.07) is 2.19. The van der Waals surface area contributed by atoms with E-state index < -0.39 is 0 Å². The van der Waals surface area contributed by atoms with Crippen molar-refractivity contribution < 1.29 is 0 Å². The third-order valence-electron chi connectivity index (χ3n) is 2.29. The van der Waals surface area contributed by atoms with Crippen LogP contribution in [0, 0.1) is 17.2 Å². The molecule has 1 saturated heterocycles. The van der Waals surface area contributed by atoms with Crippen molar-refractivity contribution in [1.82, 2.24) is 10.2 Å². The average Bonchev–Trinajstić information content (AvgIpc) is 2.71. The van der Waals surface area contributed by atoms with Gasteiger partial charge < -0.3 is 4.90 Å². The molecule has 1 N–H and O–H groups in total. The molecular formula is C9H12N4. The topological polar surface area (TPSA) is 51.4 Å². The Morgan fingerprint density at radius 2 is 2.62 bits per heavy atom. The molecule has 2 aliphatic rings. The minimum Gasteiger partial charge on any atom is -0.343 e. The van der Waals surface area contributed by atoms with E-state index in [0.717, 1.165) is 32.0 Å². The van der Waals surface area contributed by atoms with Gasteiger partial charge in [-0.25, -0.2) is 4.99 Å². The lowest BCUT2D eigenvalue weighted by Gasteiger charge is -2.19. The smallest absolute Gasteiger partial charge is 0.125 e. The SMILES string of the molecule is N#CC1C=NC(N2CCNC2)=CC1. The van der Waals surface area contributed by atoms with E-state index in [1.807, 2.05) is 6.08 Å². The monoisotopic (exact) mass is 176 g/mol. The molecule has 2 heterocycles. The van der Waals surface area contributed by atoms with Gasteiger partial charge >= 0.3 is 0 Å². The molecule has 1 unspecified atom stereocenters. The molecule has 2 aliphatic heterocycles. The fourth-order valence-electron chi connectivity index (χ4n) is 1.51. The molecule has 68 valence electrons. The largest absolute Gasteiger partial charge is 0.343 e. The first-order valence-corrected chi connectivity index (χ1v) is 4.50. The van der Waals surface area contributed by atoms with E-state index >= 15 is 0 Å².